The van der Waals surface area contributed by atoms with Crippen LogP contribution in [0, 0.1) is 0 Å². The van der Waals surface area contributed by atoms with Crippen molar-refractivity contribution in [3.05, 3.63) is 24.5 Å². The summed E-state index contributed by atoms with van der Waals surface area (Å²) >= 11 is 1.68. The maximum absolute atomic E-state index is 10.2. The number of rotatable bonds is 6. The van der Waals surface area contributed by atoms with Gasteiger partial charge in [0.05, 0.1) is 0 Å². The molecule has 0 aliphatic carbocycles. The number of hydrogen-bond acceptors (Lipinski definition) is 3. The summed E-state index contributed by atoms with van der Waals surface area (Å²) in [5.41, 5.74) is 0. The van der Waals surface area contributed by atoms with Gasteiger partial charge in [0.1, 0.15) is 0 Å². The summed E-state index contributed by atoms with van der Waals surface area (Å²) in [6.45, 7) is 0. The Labute approximate surface area is 93.0 Å². The highest BCUT2D eigenvalue weighted by Crippen LogP contribution is 2.15. The van der Waals surface area contributed by atoms with E-state index in [1.165, 1.54) is 6.08 Å². The molecule has 0 radical (unpaired) electrons. The number of allylic oxidation sites excluding steroid dienone is 1. The van der Waals surface area contributed by atoms with Gasteiger partial charge in [-0.2, -0.15) is 0 Å². The zero-order valence-electron chi connectivity index (χ0n) is 8.59. The molecule has 1 heterocycles. The Kier molecular flexibility index (Phi) is 4.97. The molecule has 1 aromatic heterocycles. The first kappa shape index (κ1) is 11.8. The van der Waals surface area contributed by atoms with E-state index >= 15 is 0 Å². The van der Waals surface area contributed by atoms with Gasteiger partial charge in [-0.1, -0.05) is 17.8 Å². The van der Waals surface area contributed by atoms with Gasteiger partial charge in [-0.05, 0) is 12.8 Å². The number of thioether (sulfide) groups is 1. The topological polar surface area (TPSA) is 55.1 Å². The van der Waals surface area contributed by atoms with Crippen molar-refractivity contribution in [3.8, 4) is 0 Å². The van der Waals surface area contributed by atoms with E-state index in [1.54, 1.807) is 24.0 Å². The third-order valence-corrected chi connectivity index (χ3v) is 2.93. The summed E-state index contributed by atoms with van der Waals surface area (Å²) in [7, 11) is 1.96. The van der Waals surface area contributed by atoms with Gasteiger partial charge in [-0.15, -0.1) is 0 Å². The maximum atomic E-state index is 10.2. The lowest BCUT2D eigenvalue weighted by molar-refractivity contribution is -0.131. The lowest BCUT2D eigenvalue weighted by Crippen LogP contribution is -1.90. The monoisotopic (exact) mass is 226 g/mol. The quantitative estimate of drug-likeness (QED) is 0.457. The van der Waals surface area contributed by atoms with Crippen LogP contribution >= 0.6 is 11.8 Å². The molecule has 0 aliphatic heterocycles. The SMILES string of the molecule is Cn1ccnc1SCCCC=CC(=O)O. The minimum Gasteiger partial charge on any atom is -0.478 e. The fourth-order valence-corrected chi connectivity index (χ4v) is 1.93. The standard InChI is InChI=1S/C10H14N2O2S/c1-12-7-6-11-10(12)15-8-4-2-3-5-9(13)14/h3,5-7H,2,4,8H2,1H3,(H,13,14). The van der Waals surface area contributed by atoms with Gasteiger partial charge in [0.2, 0.25) is 0 Å². The van der Waals surface area contributed by atoms with Gasteiger partial charge >= 0.3 is 5.97 Å². The largest absolute Gasteiger partial charge is 0.478 e. The molecule has 5 heteroatoms. The lowest BCUT2D eigenvalue weighted by atomic mass is 10.3. The van der Waals surface area contributed by atoms with E-state index in [0.717, 1.165) is 23.8 Å². The average molecular weight is 226 g/mol. The molecule has 0 saturated heterocycles. The predicted octanol–water partition coefficient (Wildman–Crippen LogP) is 1.93. The van der Waals surface area contributed by atoms with E-state index in [-0.39, 0.29) is 0 Å². The smallest absolute Gasteiger partial charge is 0.327 e. The third kappa shape index (κ3) is 4.69. The summed E-state index contributed by atoms with van der Waals surface area (Å²) < 4.78 is 1.97. The molecule has 82 valence electrons. The fourth-order valence-electron chi connectivity index (χ4n) is 1.04. The van der Waals surface area contributed by atoms with E-state index in [0.29, 0.717) is 0 Å². The molecule has 0 fully saturated rings. The third-order valence-electron chi connectivity index (χ3n) is 1.78. The number of unbranched alkanes of at least 4 members (excludes halogenated alkanes) is 1. The molecule has 1 N–H and O–H groups in total. The number of aliphatic carboxylic acids is 1. The number of carboxylic acid groups (broad SMARTS) is 1. The molecule has 0 atom stereocenters. The zero-order valence-corrected chi connectivity index (χ0v) is 9.41. The molecule has 1 aromatic rings. The Morgan fingerprint density at radius 3 is 3.13 bits per heavy atom. The van der Waals surface area contributed by atoms with Crippen molar-refractivity contribution in [2.45, 2.75) is 18.0 Å². The molecule has 0 amide bonds. The molecule has 0 spiro atoms. The second kappa shape index (κ2) is 6.29. The van der Waals surface area contributed by atoms with Gasteiger partial charge < -0.3 is 9.67 Å². The second-order valence-corrected chi connectivity index (χ2v) is 4.11. The lowest BCUT2D eigenvalue weighted by Gasteiger charge is -1.99. The number of aryl methyl sites for hydroxylation is 1. The van der Waals surface area contributed by atoms with Crippen LogP contribution in [0.3, 0.4) is 0 Å². The van der Waals surface area contributed by atoms with Crippen molar-refractivity contribution in [2.75, 3.05) is 5.75 Å². The van der Waals surface area contributed by atoms with Crippen molar-refractivity contribution >= 4 is 17.7 Å². The van der Waals surface area contributed by atoms with Crippen LogP contribution < -0.4 is 0 Å². The number of aromatic nitrogens is 2. The number of imidazole rings is 1. The predicted molar refractivity (Wildman–Crippen MR) is 59.9 cm³/mol. The Balaban J connectivity index is 2.12. The highest BCUT2D eigenvalue weighted by atomic mass is 32.2. The number of carboxylic acids is 1. The Bertz CT molecular complexity index is 347. The van der Waals surface area contributed by atoms with Gasteiger partial charge in [0.25, 0.3) is 0 Å². The van der Waals surface area contributed by atoms with Crippen molar-refractivity contribution < 1.29 is 9.90 Å². The molecule has 0 aliphatic rings. The van der Waals surface area contributed by atoms with Crippen molar-refractivity contribution in [1.29, 1.82) is 0 Å². The Morgan fingerprint density at radius 1 is 1.73 bits per heavy atom. The Morgan fingerprint density at radius 2 is 2.53 bits per heavy atom. The van der Waals surface area contributed by atoms with Crippen LogP contribution in [0.4, 0.5) is 0 Å². The minimum absolute atomic E-state index is 0.795. The van der Waals surface area contributed by atoms with Crippen LogP contribution in [0.1, 0.15) is 12.8 Å². The normalized spacial score (nSPS) is 11.0. The number of nitrogens with zero attached hydrogens (tertiary/aromatic N) is 2. The first-order valence-corrected chi connectivity index (χ1v) is 5.68. The summed E-state index contributed by atoms with van der Waals surface area (Å²) in [6.07, 6.45) is 8.30. The first-order valence-electron chi connectivity index (χ1n) is 4.69. The summed E-state index contributed by atoms with van der Waals surface area (Å²) in [5.74, 6) is 0.0706. The fraction of sp³-hybridized carbons (Fsp3) is 0.400. The Hall–Kier alpha value is -1.23. The van der Waals surface area contributed by atoms with Crippen LogP contribution in [0.2, 0.25) is 0 Å². The molecule has 0 unspecified atom stereocenters. The zero-order chi connectivity index (χ0) is 11.1. The van der Waals surface area contributed by atoms with Crippen molar-refractivity contribution in [2.24, 2.45) is 7.05 Å². The van der Waals surface area contributed by atoms with Crippen LogP contribution in [0.25, 0.3) is 0 Å². The molecule has 0 saturated carbocycles. The summed E-state index contributed by atoms with van der Waals surface area (Å²) in [6, 6.07) is 0. The van der Waals surface area contributed by atoms with Crippen LogP contribution in [-0.2, 0) is 11.8 Å². The van der Waals surface area contributed by atoms with Gasteiger partial charge in [-0.3, -0.25) is 0 Å². The van der Waals surface area contributed by atoms with E-state index in [9.17, 15) is 4.79 Å². The molecular formula is C10H14N2O2S. The van der Waals surface area contributed by atoms with Crippen LogP contribution in [0.15, 0.2) is 29.7 Å². The maximum Gasteiger partial charge on any atom is 0.327 e. The molecule has 0 bridgehead atoms. The van der Waals surface area contributed by atoms with Crippen molar-refractivity contribution in [3.63, 3.8) is 0 Å². The molecule has 4 nitrogen and oxygen atoms in total. The minimum atomic E-state index is -0.883. The number of carbonyl (C=O) groups is 1. The van der Waals surface area contributed by atoms with E-state index in [4.69, 9.17) is 5.11 Å². The first-order chi connectivity index (χ1) is 7.20. The summed E-state index contributed by atoms with van der Waals surface area (Å²) in [5, 5.41) is 9.35. The molecule has 1 rings (SSSR count). The van der Waals surface area contributed by atoms with Gasteiger partial charge in [-0.25, -0.2) is 9.78 Å². The highest BCUT2D eigenvalue weighted by molar-refractivity contribution is 7.99. The van der Waals surface area contributed by atoms with Crippen LogP contribution in [0.5, 0.6) is 0 Å². The summed E-state index contributed by atoms with van der Waals surface area (Å²) in [4.78, 5) is 14.3. The number of hydrogen-bond donors (Lipinski definition) is 1. The average Bonchev–Trinajstić information content (AvgIpc) is 2.57. The van der Waals surface area contributed by atoms with Crippen molar-refractivity contribution in [1.82, 2.24) is 9.55 Å². The highest BCUT2D eigenvalue weighted by Gasteiger charge is 1.98. The van der Waals surface area contributed by atoms with E-state index < -0.39 is 5.97 Å². The van der Waals surface area contributed by atoms with E-state index in [2.05, 4.69) is 4.98 Å². The molecule has 0 aromatic carbocycles. The second-order valence-electron chi connectivity index (χ2n) is 3.05. The molecular weight excluding hydrogens is 212 g/mol. The van der Waals surface area contributed by atoms with Gasteiger partial charge in [0, 0.05) is 31.3 Å². The van der Waals surface area contributed by atoms with Gasteiger partial charge in [0.15, 0.2) is 5.16 Å². The molecule has 15 heavy (non-hydrogen) atoms. The van der Waals surface area contributed by atoms with E-state index in [1.807, 2.05) is 17.8 Å². The van der Waals surface area contributed by atoms with Crippen LogP contribution in [-0.4, -0.2) is 26.4 Å².